The monoisotopic (exact) mass is 539 g/mol. The molecule has 0 fully saturated rings. The number of amides is 1. The van der Waals surface area contributed by atoms with Gasteiger partial charge in [0.1, 0.15) is 19.0 Å². The van der Waals surface area contributed by atoms with Crippen LogP contribution in [0.1, 0.15) is 29.9 Å². The quantitative estimate of drug-likeness (QED) is 0.289. The largest absolute Gasteiger partial charge is 0.490 e. The second-order valence-electron chi connectivity index (χ2n) is 7.49. The number of nitrogens with zero attached hydrogens (tertiary/aromatic N) is 4. The molecule has 0 spiro atoms. The Bertz CT molecular complexity index is 1270. The van der Waals surface area contributed by atoms with Crippen LogP contribution in [0, 0.1) is 0 Å². The van der Waals surface area contributed by atoms with Crippen LogP contribution in [0.3, 0.4) is 0 Å². The summed E-state index contributed by atoms with van der Waals surface area (Å²) in [5.74, 6) is 1.81. The number of hydrogen-bond donors (Lipinski definition) is 1. The highest BCUT2D eigenvalue weighted by Gasteiger charge is 2.11. The highest BCUT2D eigenvalue weighted by Crippen LogP contribution is 2.29. The molecule has 1 N–H and O–H groups in total. The minimum Gasteiger partial charge on any atom is -0.490 e. The Labute approximate surface area is 211 Å². The van der Waals surface area contributed by atoms with Gasteiger partial charge in [0.15, 0.2) is 17.2 Å². The summed E-state index contributed by atoms with van der Waals surface area (Å²) >= 11 is 3.36. The van der Waals surface area contributed by atoms with Crippen LogP contribution >= 0.6 is 15.9 Å². The summed E-state index contributed by atoms with van der Waals surface area (Å²) < 4.78 is 21.4. The lowest BCUT2D eigenvalue weighted by Crippen LogP contribution is -2.14. The highest BCUT2D eigenvalue weighted by atomic mass is 79.9. The van der Waals surface area contributed by atoms with Gasteiger partial charge in [0.2, 0.25) is 0 Å². The van der Waals surface area contributed by atoms with Crippen LogP contribution in [-0.2, 0) is 13.3 Å². The fourth-order valence-electron chi connectivity index (χ4n) is 3.31. The second-order valence-corrected chi connectivity index (χ2v) is 8.41. The van der Waals surface area contributed by atoms with Crippen molar-refractivity contribution in [3.8, 4) is 17.2 Å². The molecule has 0 aliphatic carbocycles. The molecule has 35 heavy (non-hydrogen) atoms. The molecule has 1 amide bonds. The zero-order valence-corrected chi connectivity index (χ0v) is 21.1. The lowest BCUT2D eigenvalue weighted by molar-refractivity contribution is 0.102. The zero-order chi connectivity index (χ0) is 24.6. The van der Waals surface area contributed by atoms with Crippen molar-refractivity contribution in [2.24, 2.45) is 0 Å². The summed E-state index contributed by atoms with van der Waals surface area (Å²) in [7, 11) is 0. The topological polar surface area (TPSA) is 92.4 Å². The third kappa shape index (κ3) is 6.63. The summed E-state index contributed by atoms with van der Waals surface area (Å²) in [6.07, 6.45) is 5.26. The average molecular weight is 540 g/mol. The van der Waals surface area contributed by atoms with E-state index in [-0.39, 0.29) is 5.91 Å². The fourth-order valence-corrected chi connectivity index (χ4v) is 3.64. The molecular formula is C25H26BrN5O4. The fraction of sp³-hybridized carbons (Fsp3) is 0.240. The van der Waals surface area contributed by atoms with Crippen LogP contribution in [0.5, 0.6) is 17.2 Å². The highest BCUT2D eigenvalue weighted by molar-refractivity contribution is 9.10. The van der Waals surface area contributed by atoms with E-state index in [2.05, 4.69) is 31.4 Å². The molecule has 0 radical (unpaired) electrons. The Kier molecular flexibility index (Phi) is 8.04. The number of carbonyl (C=O) groups is 1. The SMILES string of the molecule is CCOc1ccc(COc2ccc(NC(=O)c3ccn(Cn4cc(Br)cn4)n3)cc2)cc1OCC. The molecule has 2 aromatic carbocycles. The van der Waals surface area contributed by atoms with Crippen LogP contribution in [0.2, 0.25) is 0 Å². The van der Waals surface area contributed by atoms with Crippen LogP contribution in [-0.4, -0.2) is 38.7 Å². The van der Waals surface area contributed by atoms with Crippen molar-refractivity contribution in [3.63, 3.8) is 0 Å². The van der Waals surface area contributed by atoms with Gasteiger partial charge >= 0.3 is 0 Å². The number of hydrogen-bond acceptors (Lipinski definition) is 6. The van der Waals surface area contributed by atoms with Crippen molar-refractivity contribution in [2.45, 2.75) is 27.1 Å². The van der Waals surface area contributed by atoms with E-state index in [0.717, 1.165) is 15.8 Å². The van der Waals surface area contributed by atoms with Crippen molar-refractivity contribution in [1.29, 1.82) is 0 Å². The average Bonchev–Trinajstić information content (AvgIpc) is 3.49. The number of nitrogens with one attached hydrogen (secondary N) is 1. The van der Waals surface area contributed by atoms with E-state index in [1.54, 1.807) is 40.0 Å². The van der Waals surface area contributed by atoms with Gasteiger partial charge in [-0.1, -0.05) is 6.07 Å². The number of anilines is 1. The Balaban J connectivity index is 1.31. The Morgan fingerprint density at radius 3 is 2.46 bits per heavy atom. The Morgan fingerprint density at radius 1 is 0.971 bits per heavy atom. The van der Waals surface area contributed by atoms with Gasteiger partial charge in [-0.3, -0.25) is 9.48 Å². The number of halogens is 1. The summed E-state index contributed by atoms with van der Waals surface area (Å²) in [5.41, 5.74) is 1.93. The maximum absolute atomic E-state index is 12.6. The third-order valence-corrected chi connectivity index (χ3v) is 5.30. The molecule has 4 rings (SSSR count). The first kappa shape index (κ1) is 24.3. The van der Waals surface area contributed by atoms with Crippen molar-refractivity contribution in [1.82, 2.24) is 19.6 Å². The maximum Gasteiger partial charge on any atom is 0.276 e. The first-order valence-corrected chi connectivity index (χ1v) is 12.0. The number of aromatic nitrogens is 4. The van der Waals surface area contributed by atoms with Gasteiger partial charge in [0.25, 0.3) is 5.91 Å². The first-order chi connectivity index (χ1) is 17.0. The summed E-state index contributed by atoms with van der Waals surface area (Å²) in [4.78, 5) is 12.6. The van der Waals surface area contributed by atoms with E-state index in [4.69, 9.17) is 14.2 Å². The van der Waals surface area contributed by atoms with Crippen molar-refractivity contribution in [2.75, 3.05) is 18.5 Å². The number of rotatable bonds is 11. The van der Waals surface area contributed by atoms with Gasteiger partial charge in [-0.15, -0.1) is 0 Å². The van der Waals surface area contributed by atoms with Gasteiger partial charge in [0, 0.05) is 18.1 Å². The molecular weight excluding hydrogens is 514 g/mol. The molecule has 2 aromatic heterocycles. The van der Waals surface area contributed by atoms with E-state index in [0.29, 0.717) is 49.4 Å². The van der Waals surface area contributed by atoms with Gasteiger partial charge in [0.05, 0.1) is 23.9 Å². The molecule has 182 valence electrons. The Hall–Kier alpha value is -3.79. The van der Waals surface area contributed by atoms with Gasteiger partial charge in [-0.25, -0.2) is 4.68 Å². The molecule has 4 aromatic rings. The zero-order valence-electron chi connectivity index (χ0n) is 19.5. The first-order valence-electron chi connectivity index (χ1n) is 11.2. The minimum atomic E-state index is -0.295. The smallest absolute Gasteiger partial charge is 0.276 e. The summed E-state index contributed by atoms with van der Waals surface area (Å²) in [6, 6.07) is 14.6. The molecule has 9 nitrogen and oxygen atoms in total. The predicted octanol–water partition coefficient (Wildman–Crippen LogP) is 4.98. The van der Waals surface area contributed by atoms with E-state index in [1.807, 2.05) is 50.4 Å². The summed E-state index contributed by atoms with van der Waals surface area (Å²) in [5, 5.41) is 11.3. The summed E-state index contributed by atoms with van der Waals surface area (Å²) in [6.45, 7) is 5.79. The molecule has 0 saturated heterocycles. The number of carbonyl (C=O) groups excluding carboxylic acids is 1. The lowest BCUT2D eigenvalue weighted by atomic mass is 10.2. The molecule has 0 aliphatic heterocycles. The van der Waals surface area contributed by atoms with Crippen LogP contribution in [0.25, 0.3) is 0 Å². The van der Waals surface area contributed by atoms with Crippen LogP contribution in [0.4, 0.5) is 5.69 Å². The molecule has 0 atom stereocenters. The number of benzene rings is 2. The van der Waals surface area contributed by atoms with Gasteiger partial charge in [-0.2, -0.15) is 10.2 Å². The maximum atomic E-state index is 12.6. The minimum absolute atomic E-state index is 0.295. The normalized spacial score (nSPS) is 10.7. The molecule has 2 heterocycles. The van der Waals surface area contributed by atoms with Crippen molar-refractivity contribution >= 4 is 27.5 Å². The predicted molar refractivity (Wildman–Crippen MR) is 135 cm³/mol. The van der Waals surface area contributed by atoms with E-state index in [1.165, 1.54) is 0 Å². The van der Waals surface area contributed by atoms with E-state index < -0.39 is 0 Å². The molecule has 0 aliphatic rings. The van der Waals surface area contributed by atoms with Crippen LogP contribution in [0.15, 0.2) is 71.6 Å². The van der Waals surface area contributed by atoms with Crippen molar-refractivity contribution < 1.29 is 19.0 Å². The molecule has 0 bridgehead atoms. The van der Waals surface area contributed by atoms with E-state index in [9.17, 15) is 4.79 Å². The lowest BCUT2D eigenvalue weighted by Gasteiger charge is -2.13. The second kappa shape index (κ2) is 11.6. The third-order valence-electron chi connectivity index (χ3n) is 4.89. The standard InChI is InChI=1S/C25H26BrN5O4/c1-3-33-23-10-5-18(13-24(23)34-4-2)16-35-21-8-6-20(7-9-21)28-25(32)22-11-12-30(29-22)17-31-15-19(26)14-27-31/h5-15H,3-4,16-17H2,1-2H3,(H,28,32). The molecule has 10 heteroatoms. The molecule has 0 saturated carbocycles. The van der Waals surface area contributed by atoms with Gasteiger partial charge < -0.3 is 19.5 Å². The Morgan fingerprint density at radius 2 is 1.74 bits per heavy atom. The number of ether oxygens (including phenoxy) is 3. The molecule has 0 unspecified atom stereocenters. The van der Waals surface area contributed by atoms with E-state index >= 15 is 0 Å². The van der Waals surface area contributed by atoms with Gasteiger partial charge in [-0.05, 0) is 77.8 Å². The van der Waals surface area contributed by atoms with Crippen molar-refractivity contribution in [3.05, 3.63) is 82.9 Å². The van der Waals surface area contributed by atoms with Crippen LogP contribution < -0.4 is 19.5 Å².